The van der Waals surface area contributed by atoms with E-state index in [9.17, 15) is 27.9 Å². The molecule has 1 heterocycles. The lowest BCUT2D eigenvalue weighted by Gasteiger charge is -2.23. The van der Waals surface area contributed by atoms with Crippen LogP contribution in [0, 0.1) is 5.41 Å². The third kappa shape index (κ3) is 7.18. The maximum Gasteiger partial charge on any atom is 0.343 e. The summed E-state index contributed by atoms with van der Waals surface area (Å²) in [5, 5.41) is 28.2. The zero-order valence-electron chi connectivity index (χ0n) is 20.3. The van der Waals surface area contributed by atoms with Gasteiger partial charge in [-0.25, -0.2) is 4.79 Å². The molecule has 0 fully saturated rings. The number of likely N-dealkylation sites (N-methyl/N-ethyl adjacent to an activating group) is 1. The van der Waals surface area contributed by atoms with Crippen LogP contribution in [0.2, 0.25) is 0 Å². The molecule has 0 bridgehead atoms. The average molecular weight is 550 g/mol. The number of carboxylic acids is 2. The van der Waals surface area contributed by atoms with E-state index in [4.69, 9.17) is 25.7 Å². The van der Waals surface area contributed by atoms with E-state index in [1.54, 1.807) is 24.3 Å². The minimum absolute atomic E-state index is 0.0492. The number of anilines is 1. The van der Waals surface area contributed by atoms with Crippen LogP contribution >= 0.6 is 0 Å². The molecule has 14 nitrogen and oxygen atoms in total. The van der Waals surface area contributed by atoms with Crippen molar-refractivity contribution in [3.63, 3.8) is 0 Å². The van der Waals surface area contributed by atoms with Gasteiger partial charge < -0.3 is 30.7 Å². The number of nitrogens with zero attached hydrogens (tertiary/aromatic N) is 1. The molecule has 1 aliphatic rings. The summed E-state index contributed by atoms with van der Waals surface area (Å²) in [5.41, 5.74) is 7.24. The predicted molar refractivity (Wildman–Crippen MR) is 134 cm³/mol. The van der Waals surface area contributed by atoms with Gasteiger partial charge in [-0.3, -0.25) is 15.0 Å². The van der Waals surface area contributed by atoms with Crippen molar-refractivity contribution in [2.75, 3.05) is 19.0 Å². The first-order valence-corrected chi connectivity index (χ1v) is 12.7. The molecule has 204 valence electrons. The highest BCUT2D eigenvalue weighted by molar-refractivity contribution is 7.87. The Morgan fingerprint density at radius 3 is 2.58 bits per heavy atom. The molecule has 0 radical (unpaired) electrons. The Kier molecular flexibility index (Phi) is 8.88. The van der Waals surface area contributed by atoms with Crippen molar-refractivity contribution in [1.82, 2.24) is 9.03 Å². The molecule has 7 N–H and O–H groups in total. The maximum atomic E-state index is 13.0. The number of nitrogens with two attached hydrogens (primary N) is 1. The van der Waals surface area contributed by atoms with Crippen molar-refractivity contribution < 1.29 is 42.5 Å². The first-order chi connectivity index (χ1) is 17.9. The van der Waals surface area contributed by atoms with E-state index in [0.717, 1.165) is 7.05 Å². The average Bonchev–Trinajstić information content (AvgIpc) is 2.83. The Bertz CT molecular complexity index is 1360. The number of guanidine groups is 1. The predicted octanol–water partition coefficient (Wildman–Crippen LogP) is 0.730. The fourth-order valence-corrected chi connectivity index (χ4v) is 4.73. The molecule has 15 heteroatoms. The van der Waals surface area contributed by atoms with E-state index in [1.807, 2.05) is 0 Å². The Labute approximate surface area is 218 Å². The van der Waals surface area contributed by atoms with Crippen LogP contribution < -0.4 is 25.2 Å². The third-order valence-electron chi connectivity index (χ3n) is 5.59. The number of carboxylic acid groups (broad SMARTS) is 2. The summed E-state index contributed by atoms with van der Waals surface area (Å²) in [7, 11) is -3.43. The molecule has 0 amide bonds. The van der Waals surface area contributed by atoms with E-state index < -0.39 is 40.6 Å². The summed E-state index contributed by atoms with van der Waals surface area (Å²) in [6.45, 7) is -0.0150. The maximum absolute atomic E-state index is 13.0. The number of aryl methyl sites for hydroxylation is 1. The van der Waals surface area contributed by atoms with Gasteiger partial charge in [-0.1, -0.05) is 6.07 Å². The van der Waals surface area contributed by atoms with Crippen molar-refractivity contribution in [2.24, 2.45) is 5.73 Å². The highest BCUT2D eigenvalue weighted by Gasteiger charge is 2.33. The number of ether oxygens (including phenoxy) is 2. The summed E-state index contributed by atoms with van der Waals surface area (Å²) in [6.07, 6.45) is 0.144. The van der Waals surface area contributed by atoms with E-state index >= 15 is 0 Å². The number of carbonyl (C=O) groups is 3. The van der Waals surface area contributed by atoms with Crippen LogP contribution in [0.15, 0.2) is 36.4 Å². The number of hydrogen-bond acceptors (Lipinski definition) is 8. The van der Waals surface area contributed by atoms with Gasteiger partial charge in [-0.15, -0.1) is 0 Å². The van der Waals surface area contributed by atoms with Gasteiger partial charge in [0, 0.05) is 19.3 Å². The topological polar surface area (TPSA) is 221 Å². The second kappa shape index (κ2) is 11.9. The zero-order valence-corrected chi connectivity index (χ0v) is 21.1. The summed E-state index contributed by atoms with van der Waals surface area (Å²) in [4.78, 5) is 35.3. The Morgan fingerprint density at radius 1 is 1.18 bits per heavy atom. The molecule has 0 aromatic heterocycles. The number of hydrogen-bond donors (Lipinski definition) is 6. The Balaban J connectivity index is 1.80. The highest BCUT2D eigenvalue weighted by atomic mass is 32.2. The molecule has 0 spiro atoms. The molecule has 0 unspecified atom stereocenters. The van der Waals surface area contributed by atoms with E-state index in [1.165, 1.54) is 12.1 Å². The largest absolute Gasteiger partial charge is 0.490 e. The number of fused-ring (bicyclic) bond motifs is 2. The molecule has 1 atom stereocenters. The lowest BCUT2D eigenvalue weighted by atomic mass is 10.0. The van der Waals surface area contributed by atoms with Gasteiger partial charge in [0.15, 0.2) is 17.5 Å². The van der Waals surface area contributed by atoms with Crippen LogP contribution in [-0.4, -0.2) is 66.5 Å². The lowest BCUT2D eigenvalue weighted by Crippen LogP contribution is -2.48. The second-order valence-electron chi connectivity index (χ2n) is 8.33. The van der Waals surface area contributed by atoms with Gasteiger partial charge in [-0.05, 0) is 54.3 Å². The number of aliphatic carboxylic acids is 2. The SMILES string of the molecule is CN([C@@H](CC(=O)O)C(=O)O)S(=O)(=O)NCc1ccc2c(c1)OC(=O)c1ccc(NC(=N)N)cc1CCCO2. The van der Waals surface area contributed by atoms with Gasteiger partial charge in [0.2, 0.25) is 0 Å². The summed E-state index contributed by atoms with van der Waals surface area (Å²) >= 11 is 0. The molecule has 0 saturated heterocycles. The molecular weight excluding hydrogens is 522 g/mol. The number of rotatable bonds is 9. The number of carbonyl (C=O) groups excluding carboxylic acids is 1. The van der Waals surface area contributed by atoms with Crippen LogP contribution in [0.1, 0.15) is 34.3 Å². The first kappa shape index (κ1) is 28.4. The molecule has 3 rings (SSSR count). The molecule has 2 aromatic carbocycles. The van der Waals surface area contributed by atoms with Gasteiger partial charge >= 0.3 is 17.9 Å². The first-order valence-electron chi connectivity index (χ1n) is 11.3. The van der Waals surface area contributed by atoms with Crippen LogP contribution in [0.3, 0.4) is 0 Å². The van der Waals surface area contributed by atoms with Crippen molar-refractivity contribution >= 4 is 39.8 Å². The fourth-order valence-electron chi connectivity index (χ4n) is 3.67. The molecule has 1 aliphatic heterocycles. The van der Waals surface area contributed by atoms with Crippen molar-refractivity contribution in [3.05, 3.63) is 53.1 Å². The quantitative estimate of drug-likeness (QED) is 0.111. The minimum atomic E-state index is -4.39. The second-order valence-corrected chi connectivity index (χ2v) is 10.1. The van der Waals surface area contributed by atoms with Crippen molar-refractivity contribution in [3.8, 4) is 11.5 Å². The monoisotopic (exact) mass is 549 g/mol. The highest BCUT2D eigenvalue weighted by Crippen LogP contribution is 2.31. The lowest BCUT2D eigenvalue weighted by molar-refractivity contribution is -0.147. The van der Waals surface area contributed by atoms with E-state index in [2.05, 4.69) is 10.0 Å². The van der Waals surface area contributed by atoms with Crippen molar-refractivity contribution in [1.29, 1.82) is 5.41 Å². The smallest absolute Gasteiger partial charge is 0.343 e. The van der Waals surface area contributed by atoms with Gasteiger partial charge in [-0.2, -0.15) is 17.4 Å². The standard InChI is InChI=1S/C23H27N5O9S/c1-28(17(21(31)32)11-20(29)30)38(34,35)26-12-13-4-7-18-19(9-13)37-22(33)16-6-5-15(27-23(24)25)10-14(16)3-2-8-36-18/h4-7,9-10,17,26H,2-3,8,11-12H2,1H3,(H,29,30)(H,31,32)(H4,24,25,27)/t17-/m0/s1. The fraction of sp³-hybridized carbons (Fsp3) is 0.304. The number of nitrogens with one attached hydrogen (secondary N) is 3. The van der Waals surface area contributed by atoms with Gasteiger partial charge in [0.05, 0.1) is 18.6 Å². The van der Waals surface area contributed by atoms with Crippen molar-refractivity contribution in [2.45, 2.75) is 31.8 Å². The molecular formula is C23H27N5O9S. The van der Waals surface area contributed by atoms with Crippen LogP contribution in [0.4, 0.5) is 5.69 Å². The number of esters is 1. The summed E-state index contributed by atoms with van der Waals surface area (Å²) in [5.74, 6) is -3.68. The van der Waals surface area contributed by atoms with Crippen LogP contribution in [-0.2, 0) is 32.8 Å². The van der Waals surface area contributed by atoms with Crippen LogP contribution in [0.25, 0.3) is 0 Å². The molecule has 38 heavy (non-hydrogen) atoms. The molecule has 0 aliphatic carbocycles. The van der Waals surface area contributed by atoms with Crippen LogP contribution in [0.5, 0.6) is 11.5 Å². The van der Waals surface area contributed by atoms with Gasteiger partial charge in [0.25, 0.3) is 10.2 Å². The summed E-state index contributed by atoms with van der Waals surface area (Å²) in [6, 6.07) is 7.49. The summed E-state index contributed by atoms with van der Waals surface area (Å²) < 4.78 is 39.2. The third-order valence-corrected chi connectivity index (χ3v) is 7.11. The molecule has 0 saturated carbocycles. The Hall–Kier alpha value is -4.21. The minimum Gasteiger partial charge on any atom is -0.490 e. The van der Waals surface area contributed by atoms with E-state index in [0.29, 0.717) is 46.1 Å². The van der Waals surface area contributed by atoms with Gasteiger partial charge in [0.1, 0.15) is 6.04 Å². The molecule has 2 aromatic rings. The normalized spacial score (nSPS) is 14.3. The Morgan fingerprint density at radius 2 is 1.92 bits per heavy atom. The zero-order chi connectivity index (χ0) is 28.0. The van der Waals surface area contributed by atoms with E-state index in [-0.39, 0.29) is 24.0 Å². The number of benzene rings is 2.